The van der Waals surface area contributed by atoms with Crippen LogP contribution in [0, 0.1) is 17.3 Å². The van der Waals surface area contributed by atoms with Crippen molar-refractivity contribution in [2.45, 2.75) is 52.1 Å². The molecule has 2 fully saturated rings. The Kier molecular flexibility index (Phi) is 5.05. The van der Waals surface area contributed by atoms with Crippen LogP contribution in [0.25, 0.3) is 0 Å². The fourth-order valence-corrected chi connectivity index (χ4v) is 3.39. The molecule has 1 aliphatic heterocycles. The first-order valence-corrected chi connectivity index (χ1v) is 7.67. The van der Waals surface area contributed by atoms with Gasteiger partial charge in [0.2, 0.25) is 0 Å². The van der Waals surface area contributed by atoms with Crippen molar-refractivity contribution < 1.29 is 4.74 Å². The SMILES string of the molecule is CC1CCC(CN)(CNCC2CCOC2C)CC1. The Labute approximate surface area is 112 Å². The van der Waals surface area contributed by atoms with E-state index in [1.807, 2.05) is 0 Å². The second kappa shape index (κ2) is 6.36. The summed E-state index contributed by atoms with van der Waals surface area (Å²) in [7, 11) is 0. The van der Waals surface area contributed by atoms with Gasteiger partial charge in [-0.3, -0.25) is 0 Å². The Bertz CT molecular complexity index is 249. The van der Waals surface area contributed by atoms with Crippen LogP contribution in [0.3, 0.4) is 0 Å². The topological polar surface area (TPSA) is 47.3 Å². The summed E-state index contributed by atoms with van der Waals surface area (Å²) in [4.78, 5) is 0. The molecule has 0 spiro atoms. The van der Waals surface area contributed by atoms with E-state index in [0.29, 0.717) is 17.4 Å². The van der Waals surface area contributed by atoms with Gasteiger partial charge in [-0.1, -0.05) is 19.8 Å². The maximum atomic E-state index is 6.04. The van der Waals surface area contributed by atoms with Crippen LogP contribution < -0.4 is 11.1 Å². The number of hydrogen-bond donors (Lipinski definition) is 2. The standard InChI is InChI=1S/C15H30N2O/c1-12-3-6-15(10-16,7-4-12)11-17-9-14-5-8-18-13(14)2/h12-14,17H,3-11,16H2,1-2H3. The molecule has 106 valence electrons. The Morgan fingerprint density at radius 1 is 1.22 bits per heavy atom. The molecule has 3 nitrogen and oxygen atoms in total. The van der Waals surface area contributed by atoms with Gasteiger partial charge in [-0.25, -0.2) is 0 Å². The molecule has 0 aromatic heterocycles. The molecule has 1 heterocycles. The van der Waals surface area contributed by atoms with Crippen molar-refractivity contribution in [3.05, 3.63) is 0 Å². The summed E-state index contributed by atoms with van der Waals surface area (Å²) in [5.74, 6) is 1.59. The minimum atomic E-state index is 0.370. The van der Waals surface area contributed by atoms with Crippen LogP contribution in [-0.4, -0.2) is 32.3 Å². The first-order valence-electron chi connectivity index (χ1n) is 7.67. The highest BCUT2D eigenvalue weighted by molar-refractivity contribution is 4.88. The fourth-order valence-electron chi connectivity index (χ4n) is 3.39. The van der Waals surface area contributed by atoms with Crippen molar-refractivity contribution in [1.82, 2.24) is 5.32 Å². The molecule has 2 atom stereocenters. The molecular weight excluding hydrogens is 224 g/mol. The molecule has 3 N–H and O–H groups in total. The molecule has 2 aliphatic rings. The zero-order valence-corrected chi connectivity index (χ0v) is 12.1. The molecule has 1 aliphatic carbocycles. The molecule has 18 heavy (non-hydrogen) atoms. The van der Waals surface area contributed by atoms with Gasteiger partial charge in [0.15, 0.2) is 0 Å². The highest BCUT2D eigenvalue weighted by Gasteiger charge is 2.33. The Morgan fingerprint density at radius 3 is 2.50 bits per heavy atom. The molecule has 1 saturated heterocycles. The second-order valence-corrected chi connectivity index (χ2v) is 6.64. The number of hydrogen-bond acceptors (Lipinski definition) is 3. The van der Waals surface area contributed by atoms with Crippen molar-refractivity contribution in [2.24, 2.45) is 23.0 Å². The van der Waals surface area contributed by atoms with Crippen molar-refractivity contribution in [3.63, 3.8) is 0 Å². The van der Waals surface area contributed by atoms with E-state index in [4.69, 9.17) is 10.5 Å². The lowest BCUT2D eigenvalue weighted by Gasteiger charge is -2.39. The van der Waals surface area contributed by atoms with Crippen molar-refractivity contribution in [2.75, 3.05) is 26.2 Å². The Morgan fingerprint density at radius 2 is 1.94 bits per heavy atom. The summed E-state index contributed by atoms with van der Waals surface area (Å²) in [6.07, 6.45) is 6.94. The third-order valence-corrected chi connectivity index (χ3v) is 5.21. The van der Waals surface area contributed by atoms with Crippen LogP contribution in [0.5, 0.6) is 0 Å². The lowest BCUT2D eigenvalue weighted by molar-refractivity contribution is 0.102. The van der Waals surface area contributed by atoms with Gasteiger partial charge in [0.1, 0.15) is 0 Å². The van der Waals surface area contributed by atoms with Crippen LogP contribution >= 0.6 is 0 Å². The molecule has 0 aromatic carbocycles. The molecule has 3 heteroatoms. The minimum absolute atomic E-state index is 0.370. The summed E-state index contributed by atoms with van der Waals surface area (Å²) in [6.45, 7) is 8.53. The average molecular weight is 254 g/mol. The van der Waals surface area contributed by atoms with Crippen molar-refractivity contribution in [3.8, 4) is 0 Å². The molecule has 0 bridgehead atoms. The molecular formula is C15H30N2O. The monoisotopic (exact) mass is 254 g/mol. The molecule has 1 saturated carbocycles. The Hall–Kier alpha value is -0.120. The van der Waals surface area contributed by atoms with E-state index in [9.17, 15) is 0 Å². The normalized spacial score (nSPS) is 41.2. The predicted octanol–water partition coefficient (Wildman–Crippen LogP) is 2.16. The largest absolute Gasteiger partial charge is 0.378 e. The molecule has 2 rings (SSSR count). The number of rotatable bonds is 5. The van der Waals surface area contributed by atoms with E-state index in [0.717, 1.165) is 32.2 Å². The zero-order valence-electron chi connectivity index (χ0n) is 12.1. The lowest BCUT2D eigenvalue weighted by Crippen LogP contribution is -2.44. The van der Waals surface area contributed by atoms with E-state index >= 15 is 0 Å². The highest BCUT2D eigenvalue weighted by Crippen LogP contribution is 2.37. The molecule has 2 unspecified atom stereocenters. The maximum Gasteiger partial charge on any atom is 0.0588 e. The smallest absolute Gasteiger partial charge is 0.0588 e. The lowest BCUT2D eigenvalue weighted by atomic mass is 9.71. The van der Waals surface area contributed by atoms with Crippen LogP contribution in [-0.2, 0) is 4.74 Å². The van der Waals surface area contributed by atoms with E-state index in [-0.39, 0.29) is 0 Å². The van der Waals surface area contributed by atoms with Gasteiger partial charge in [0.05, 0.1) is 6.10 Å². The van der Waals surface area contributed by atoms with Crippen LogP contribution in [0.1, 0.15) is 46.0 Å². The van der Waals surface area contributed by atoms with Crippen LogP contribution in [0.2, 0.25) is 0 Å². The second-order valence-electron chi connectivity index (χ2n) is 6.64. The number of nitrogens with one attached hydrogen (secondary N) is 1. The van der Waals surface area contributed by atoms with Crippen LogP contribution in [0.4, 0.5) is 0 Å². The Balaban J connectivity index is 1.73. The minimum Gasteiger partial charge on any atom is -0.378 e. The van der Waals surface area contributed by atoms with Crippen LogP contribution in [0.15, 0.2) is 0 Å². The fraction of sp³-hybridized carbons (Fsp3) is 1.00. The number of nitrogens with two attached hydrogens (primary N) is 1. The van der Waals surface area contributed by atoms with E-state index in [1.54, 1.807) is 0 Å². The molecule has 0 radical (unpaired) electrons. The third-order valence-electron chi connectivity index (χ3n) is 5.21. The predicted molar refractivity (Wildman–Crippen MR) is 75.5 cm³/mol. The average Bonchev–Trinajstić information content (AvgIpc) is 2.78. The summed E-state index contributed by atoms with van der Waals surface area (Å²) in [5, 5.41) is 3.67. The number of ether oxygens (including phenoxy) is 1. The molecule has 0 amide bonds. The van der Waals surface area contributed by atoms with Gasteiger partial charge in [0.25, 0.3) is 0 Å². The van der Waals surface area contributed by atoms with E-state index < -0.39 is 0 Å². The van der Waals surface area contributed by atoms with Gasteiger partial charge in [0, 0.05) is 19.7 Å². The quantitative estimate of drug-likeness (QED) is 0.790. The maximum absolute atomic E-state index is 6.04. The molecule has 0 aromatic rings. The van der Waals surface area contributed by atoms with E-state index in [2.05, 4.69) is 19.2 Å². The van der Waals surface area contributed by atoms with Crippen molar-refractivity contribution >= 4 is 0 Å². The van der Waals surface area contributed by atoms with Gasteiger partial charge >= 0.3 is 0 Å². The van der Waals surface area contributed by atoms with Gasteiger partial charge in [-0.2, -0.15) is 0 Å². The van der Waals surface area contributed by atoms with Gasteiger partial charge in [-0.05, 0) is 50.0 Å². The zero-order chi connectivity index (χ0) is 13.0. The summed E-state index contributed by atoms with van der Waals surface area (Å²) >= 11 is 0. The van der Waals surface area contributed by atoms with Gasteiger partial charge < -0.3 is 15.8 Å². The third kappa shape index (κ3) is 3.46. The summed E-state index contributed by atoms with van der Waals surface area (Å²) in [5.41, 5.74) is 6.41. The van der Waals surface area contributed by atoms with E-state index in [1.165, 1.54) is 32.1 Å². The first-order chi connectivity index (χ1) is 8.65. The first kappa shape index (κ1) is 14.3. The van der Waals surface area contributed by atoms with Gasteiger partial charge in [-0.15, -0.1) is 0 Å². The summed E-state index contributed by atoms with van der Waals surface area (Å²) in [6, 6.07) is 0. The van der Waals surface area contributed by atoms with Crippen molar-refractivity contribution in [1.29, 1.82) is 0 Å². The highest BCUT2D eigenvalue weighted by atomic mass is 16.5. The summed E-state index contributed by atoms with van der Waals surface area (Å²) < 4.78 is 5.61.